The zero-order valence-corrected chi connectivity index (χ0v) is 16.1. The number of unbranched alkanes of at least 4 members (excludes halogenated alkanes) is 1. The van der Waals surface area contributed by atoms with Gasteiger partial charge in [0, 0.05) is 17.5 Å². The molecular weight excluding hydrogens is 357 g/mol. The number of benzene rings is 1. The largest absolute Gasteiger partial charge is 0.356 e. The van der Waals surface area contributed by atoms with Crippen molar-refractivity contribution in [2.45, 2.75) is 45.6 Å². The normalized spacial score (nSPS) is 16.9. The predicted molar refractivity (Wildman–Crippen MR) is 102 cm³/mol. The third-order valence-corrected chi connectivity index (χ3v) is 5.08. The molecule has 2 rings (SSSR count). The second-order valence-electron chi connectivity index (χ2n) is 6.74. The van der Waals surface area contributed by atoms with Crippen LogP contribution in [0.2, 0.25) is 5.02 Å². The van der Waals surface area contributed by atoms with E-state index in [4.69, 9.17) is 11.6 Å². The van der Waals surface area contributed by atoms with Gasteiger partial charge in [-0.05, 0) is 57.5 Å². The lowest BCUT2D eigenvalue weighted by Gasteiger charge is -2.34. The highest BCUT2D eigenvalue weighted by Gasteiger charge is 2.29. The molecule has 0 saturated carbocycles. The Kier molecular flexibility index (Phi) is 7.85. The van der Waals surface area contributed by atoms with Crippen LogP contribution in [-0.4, -0.2) is 42.4 Å². The van der Waals surface area contributed by atoms with Crippen LogP contribution in [0.15, 0.2) is 18.2 Å². The molecule has 7 heteroatoms. The number of amides is 2. The Hall–Kier alpha value is -1.66. The number of hydrogen-bond acceptors (Lipinski definition) is 3. The summed E-state index contributed by atoms with van der Waals surface area (Å²) in [5.41, 5.74) is 0.0829. The van der Waals surface area contributed by atoms with Crippen molar-refractivity contribution in [2.75, 3.05) is 25.0 Å². The van der Waals surface area contributed by atoms with Crippen LogP contribution in [0.1, 0.15) is 39.5 Å². The number of hydrogen-bond donors (Lipinski definition) is 2. The molecule has 0 unspecified atom stereocenters. The van der Waals surface area contributed by atoms with Crippen molar-refractivity contribution in [1.82, 2.24) is 10.2 Å². The summed E-state index contributed by atoms with van der Waals surface area (Å²) in [5.74, 6) is -0.686. The van der Waals surface area contributed by atoms with Crippen LogP contribution in [0, 0.1) is 11.7 Å². The van der Waals surface area contributed by atoms with Gasteiger partial charge in [0.1, 0.15) is 5.82 Å². The second kappa shape index (κ2) is 9.88. The van der Waals surface area contributed by atoms with E-state index in [2.05, 4.69) is 17.6 Å². The first-order valence-electron chi connectivity index (χ1n) is 9.20. The number of nitrogens with zero attached hydrogens (tertiary/aromatic N) is 1. The fraction of sp³-hybridized carbons (Fsp3) is 0.579. The molecule has 0 radical (unpaired) electrons. The number of carbonyl (C=O) groups is 2. The summed E-state index contributed by atoms with van der Waals surface area (Å²) in [6.07, 6.45) is 3.49. The number of rotatable bonds is 7. The summed E-state index contributed by atoms with van der Waals surface area (Å²) in [4.78, 5) is 26.6. The molecule has 0 aliphatic carbocycles. The zero-order chi connectivity index (χ0) is 19.1. The van der Waals surface area contributed by atoms with Crippen molar-refractivity contribution in [2.24, 2.45) is 5.92 Å². The standard InChI is InChI=1S/C19H27ClFN3O2/c1-3-4-9-22-19(26)14-7-10-24(11-8-14)13(2)18(25)23-17-12-15(20)5-6-16(17)21/h5-6,12-14H,3-4,7-11H2,1-2H3,(H,22,26)(H,23,25)/t13-/m1/s1. The molecule has 1 aromatic rings. The average Bonchev–Trinajstić information content (AvgIpc) is 2.64. The minimum Gasteiger partial charge on any atom is -0.356 e. The van der Waals surface area contributed by atoms with Gasteiger partial charge in [0.05, 0.1) is 11.7 Å². The molecule has 1 fully saturated rings. The zero-order valence-electron chi connectivity index (χ0n) is 15.4. The Morgan fingerprint density at radius 2 is 2.04 bits per heavy atom. The molecule has 0 spiro atoms. The molecule has 0 aromatic heterocycles. The number of piperidine rings is 1. The fourth-order valence-electron chi connectivity index (χ4n) is 3.08. The molecule has 2 N–H and O–H groups in total. The van der Waals surface area contributed by atoms with Gasteiger partial charge >= 0.3 is 0 Å². The number of likely N-dealkylation sites (tertiary alicyclic amines) is 1. The SMILES string of the molecule is CCCCNC(=O)C1CCN([C@H](C)C(=O)Nc2cc(Cl)ccc2F)CC1. The van der Waals surface area contributed by atoms with E-state index < -0.39 is 11.9 Å². The van der Waals surface area contributed by atoms with E-state index in [1.165, 1.54) is 18.2 Å². The van der Waals surface area contributed by atoms with Crippen molar-refractivity contribution < 1.29 is 14.0 Å². The van der Waals surface area contributed by atoms with E-state index in [0.29, 0.717) is 18.1 Å². The van der Waals surface area contributed by atoms with Crippen molar-refractivity contribution in [3.8, 4) is 0 Å². The smallest absolute Gasteiger partial charge is 0.241 e. The van der Waals surface area contributed by atoms with Crippen molar-refractivity contribution in [1.29, 1.82) is 0 Å². The lowest BCUT2D eigenvalue weighted by Crippen LogP contribution is -2.48. The molecule has 1 aromatic carbocycles. The number of halogens is 2. The summed E-state index contributed by atoms with van der Waals surface area (Å²) in [6.45, 7) is 5.93. The minimum absolute atomic E-state index is 0.00346. The maximum atomic E-state index is 13.8. The van der Waals surface area contributed by atoms with Crippen LogP contribution in [0.25, 0.3) is 0 Å². The first-order chi connectivity index (χ1) is 12.4. The highest BCUT2D eigenvalue weighted by atomic mass is 35.5. The van der Waals surface area contributed by atoms with Crippen molar-refractivity contribution >= 4 is 29.1 Å². The van der Waals surface area contributed by atoms with Crippen LogP contribution in [0.5, 0.6) is 0 Å². The summed E-state index contributed by atoms with van der Waals surface area (Å²) < 4.78 is 13.8. The van der Waals surface area contributed by atoms with Gasteiger partial charge in [0.15, 0.2) is 0 Å². The van der Waals surface area contributed by atoms with E-state index in [1.807, 2.05) is 4.90 Å². The number of carbonyl (C=O) groups excluding carboxylic acids is 2. The van der Waals surface area contributed by atoms with Gasteiger partial charge in [-0.3, -0.25) is 14.5 Å². The number of nitrogens with one attached hydrogen (secondary N) is 2. The molecule has 1 aliphatic rings. The van der Waals surface area contributed by atoms with Gasteiger partial charge in [0.2, 0.25) is 11.8 Å². The molecule has 5 nitrogen and oxygen atoms in total. The van der Waals surface area contributed by atoms with Gasteiger partial charge in [0.25, 0.3) is 0 Å². The highest BCUT2D eigenvalue weighted by Crippen LogP contribution is 2.22. The van der Waals surface area contributed by atoms with Crippen LogP contribution in [0.4, 0.5) is 10.1 Å². The maximum Gasteiger partial charge on any atom is 0.241 e. The number of anilines is 1. The molecule has 1 heterocycles. The van der Waals surface area contributed by atoms with Gasteiger partial charge in [-0.15, -0.1) is 0 Å². The Bertz CT molecular complexity index is 633. The summed E-state index contributed by atoms with van der Waals surface area (Å²) in [5, 5.41) is 5.94. The van der Waals surface area contributed by atoms with Crippen molar-refractivity contribution in [3.63, 3.8) is 0 Å². The van der Waals surface area contributed by atoms with Crippen LogP contribution >= 0.6 is 11.6 Å². The van der Waals surface area contributed by atoms with Gasteiger partial charge in [-0.25, -0.2) is 4.39 Å². The van der Waals surface area contributed by atoms with E-state index in [-0.39, 0.29) is 23.4 Å². The van der Waals surface area contributed by atoms with Crippen molar-refractivity contribution in [3.05, 3.63) is 29.0 Å². The van der Waals surface area contributed by atoms with Gasteiger partial charge < -0.3 is 10.6 Å². The van der Waals surface area contributed by atoms with Crippen LogP contribution in [0.3, 0.4) is 0 Å². The highest BCUT2D eigenvalue weighted by molar-refractivity contribution is 6.30. The Labute approximate surface area is 159 Å². The lowest BCUT2D eigenvalue weighted by molar-refractivity contribution is -0.127. The monoisotopic (exact) mass is 383 g/mol. The van der Waals surface area contributed by atoms with E-state index >= 15 is 0 Å². The lowest BCUT2D eigenvalue weighted by atomic mass is 9.95. The quantitative estimate of drug-likeness (QED) is 0.709. The van der Waals surface area contributed by atoms with E-state index in [9.17, 15) is 14.0 Å². The Morgan fingerprint density at radius 3 is 2.69 bits per heavy atom. The molecule has 2 amide bonds. The molecule has 26 heavy (non-hydrogen) atoms. The molecule has 0 bridgehead atoms. The fourth-order valence-corrected chi connectivity index (χ4v) is 3.25. The summed E-state index contributed by atoms with van der Waals surface area (Å²) in [7, 11) is 0. The van der Waals surface area contributed by atoms with E-state index in [0.717, 1.165) is 32.2 Å². The first-order valence-corrected chi connectivity index (χ1v) is 9.57. The molecule has 1 atom stereocenters. The average molecular weight is 384 g/mol. The minimum atomic E-state index is -0.516. The topological polar surface area (TPSA) is 61.4 Å². The van der Waals surface area contributed by atoms with Gasteiger partial charge in [-0.2, -0.15) is 0 Å². The van der Waals surface area contributed by atoms with Gasteiger partial charge in [-0.1, -0.05) is 24.9 Å². The van der Waals surface area contributed by atoms with E-state index in [1.54, 1.807) is 6.92 Å². The maximum absolute atomic E-state index is 13.8. The first kappa shape index (κ1) is 20.6. The molecule has 1 saturated heterocycles. The third kappa shape index (κ3) is 5.68. The van der Waals surface area contributed by atoms with Crippen LogP contribution < -0.4 is 10.6 Å². The summed E-state index contributed by atoms with van der Waals surface area (Å²) >= 11 is 5.85. The van der Waals surface area contributed by atoms with Crippen LogP contribution in [-0.2, 0) is 9.59 Å². The second-order valence-corrected chi connectivity index (χ2v) is 7.18. The Balaban J connectivity index is 1.83. The predicted octanol–water partition coefficient (Wildman–Crippen LogP) is 3.43. The Morgan fingerprint density at radius 1 is 1.35 bits per heavy atom. The third-order valence-electron chi connectivity index (χ3n) is 4.84. The molecular formula is C19H27ClFN3O2. The molecule has 1 aliphatic heterocycles. The summed E-state index contributed by atoms with van der Waals surface area (Å²) in [6, 6.07) is 3.66. The molecule has 144 valence electrons.